The predicted molar refractivity (Wildman–Crippen MR) is 124 cm³/mol. The fourth-order valence-corrected chi connectivity index (χ4v) is 3.84. The van der Waals surface area contributed by atoms with Crippen LogP contribution in [0.4, 0.5) is 0 Å². The van der Waals surface area contributed by atoms with E-state index < -0.39 is 5.97 Å². The van der Waals surface area contributed by atoms with Gasteiger partial charge in [0, 0.05) is 23.9 Å². The minimum absolute atomic E-state index is 0.0736. The smallest absolute Gasteiger partial charge is 0.326 e. The Balaban J connectivity index is 1.51. The summed E-state index contributed by atoms with van der Waals surface area (Å²) in [6.07, 6.45) is 0. The lowest BCUT2D eigenvalue weighted by molar-refractivity contribution is -0.152. The zero-order valence-corrected chi connectivity index (χ0v) is 17.9. The Labute approximate surface area is 185 Å². The van der Waals surface area contributed by atoms with Crippen LogP contribution in [0.25, 0.3) is 21.8 Å². The van der Waals surface area contributed by atoms with Crippen LogP contribution >= 0.6 is 0 Å². The average Bonchev–Trinajstić information content (AvgIpc) is 2.84. The van der Waals surface area contributed by atoms with E-state index in [-0.39, 0.29) is 24.5 Å². The molecule has 3 aromatic carbocycles. The van der Waals surface area contributed by atoms with Crippen molar-refractivity contribution in [1.29, 1.82) is 0 Å². The third-order valence-electron chi connectivity index (χ3n) is 5.47. The Morgan fingerprint density at radius 2 is 1.41 bits per heavy atom. The van der Waals surface area contributed by atoms with Gasteiger partial charge in [0.2, 0.25) is 0 Å². The molecule has 0 N–H and O–H groups in total. The normalized spacial score (nSPS) is 10.9. The molecule has 0 aliphatic carbocycles. The summed E-state index contributed by atoms with van der Waals surface area (Å²) in [6, 6.07) is 24.0. The van der Waals surface area contributed by atoms with E-state index >= 15 is 0 Å². The van der Waals surface area contributed by atoms with Gasteiger partial charge in [0.1, 0.15) is 6.54 Å². The summed E-state index contributed by atoms with van der Waals surface area (Å²) in [4.78, 5) is 39.7. The summed E-state index contributed by atoms with van der Waals surface area (Å²) in [6.45, 7) is 2.44. The van der Waals surface area contributed by atoms with Gasteiger partial charge in [-0.15, -0.1) is 0 Å². The number of carbonyl (C=O) groups is 2. The summed E-state index contributed by atoms with van der Waals surface area (Å²) in [5, 5.41) is 1.07. The Hall–Kier alpha value is -3.93. The van der Waals surface area contributed by atoms with E-state index in [4.69, 9.17) is 4.74 Å². The third-order valence-corrected chi connectivity index (χ3v) is 5.47. The number of ether oxygens (including phenoxy) is 1. The Kier molecular flexibility index (Phi) is 6.31. The van der Waals surface area contributed by atoms with E-state index in [0.29, 0.717) is 34.9 Å². The highest BCUT2D eigenvalue weighted by Crippen LogP contribution is 2.19. The number of rotatable bonds is 7. The second-order valence-electron chi connectivity index (χ2n) is 7.50. The summed E-state index contributed by atoms with van der Waals surface area (Å²) >= 11 is 0. The van der Waals surface area contributed by atoms with Gasteiger partial charge < -0.3 is 14.2 Å². The van der Waals surface area contributed by atoms with Gasteiger partial charge in [-0.1, -0.05) is 54.6 Å². The van der Waals surface area contributed by atoms with E-state index in [1.165, 1.54) is 0 Å². The molecule has 0 aliphatic rings. The molecule has 0 bridgehead atoms. The molecule has 1 heterocycles. The minimum Gasteiger partial charge on any atom is -0.454 e. The molecular weight excluding hydrogens is 404 g/mol. The molecule has 32 heavy (non-hydrogen) atoms. The molecule has 0 unspecified atom stereocenters. The van der Waals surface area contributed by atoms with Crippen LogP contribution in [-0.2, 0) is 27.4 Å². The first-order chi connectivity index (χ1) is 15.6. The molecular formula is C26H24N2O4. The van der Waals surface area contributed by atoms with Crippen molar-refractivity contribution in [3.05, 3.63) is 94.6 Å². The molecule has 0 spiro atoms. The van der Waals surface area contributed by atoms with Crippen molar-refractivity contribution in [3.63, 3.8) is 0 Å². The molecule has 162 valence electrons. The average molecular weight is 428 g/mol. The molecule has 0 radical (unpaired) electrons. The van der Waals surface area contributed by atoms with E-state index in [1.807, 2.05) is 49.4 Å². The lowest BCUT2D eigenvalue weighted by Gasteiger charge is -2.21. The molecule has 1 amide bonds. The second kappa shape index (κ2) is 9.47. The van der Waals surface area contributed by atoms with Gasteiger partial charge in [0.25, 0.3) is 5.91 Å². The molecule has 4 rings (SSSR count). The largest absolute Gasteiger partial charge is 0.454 e. The van der Waals surface area contributed by atoms with Crippen LogP contribution in [-0.4, -0.2) is 34.5 Å². The van der Waals surface area contributed by atoms with Crippen LogP contribution in [0.15, 0.2) is 83.7 Å². The van der Waals surface area contributed by atoms with Crippen molar-refractivity contribution in [2.45, 2.75) is 20.0 Å². The van der Waals surface area contributed by atoms with Crippen LogP contribution in [0.3, 0.4) is 0 Å². The van der Waals surface area contributed by atoms with Crippen molar-refractivity contribution in [2.75, 3.05) is 13.2 Å². The van der Waals surface area contributed by atoms with Gasteiger partial charge in [0.05, 0.1) is 11.0 Å². The fourth-order valence-electron chi connectivity index (χ4n) is 3.84. The fraction of sp³-hybridized carbons (Fsp3) is 0.192. The summed E-state index contributed by atoms with van der Waals surface area (Å²) in [5.41, 5.74) is 2.24. The van der Waals surface area contributed by atoms with Crippen molar-refractivity contribution in [3.8, 4) is 0 Å². The molecule has 0 aliphatic heterocycles. The number of nitrogens with zero attached hydrogens (tertiary/aromatic N) is 2. The quantitative estimate of drug-likeness (QED) is 0.332. The van der Waals surface area contributed by atoms with Crippen LogP contribution < -0.4 is 5.43 Å². The van der Waals surface area contributed by atoms with Gasteiger partial charge in [-0.25, -0.2) is 0 Å². The van der Waals surface area contributed by atoms with Crippen LogP contribution in [0.2, 0.25) is 0 Å². The first-order valence-corrected chi connectivity index (χ1v) is 10.6. The van der Waals surface area contributed by atoms with Crippen molar-refractivity contribution in [2.24, 2.45) is 0 Å². The van der Waals surface area contributed by atoms with Gasteiger partial charge >= 0.3 is 5.97 Å². The van der Waals surface area contributed by atoms with Crippen LogP contribution in [0, 0.1) is 0 Å². The predicted octanol–water partition coefficient (Wildman–Crippen LogP) is 3.75. The number of fused-ring (bicyclic) bond motifs is 2. The number of benzene rings is 3. The lowest BCUT2D eigenvalue weighted by Crippen LogP contribution is -2.34. The Morgan fingerprint density at radius 1 is 0.844 bits per heavy atom. The lowest BCUT2D eigenvalue weighted by atomic mass is 10.1. The highest BCUT2D eigenvalue weighted by molar-refractivity contribution is 5.94. The molecule has 6 nitrogen and oxygen atoms in total. The molecule has 0 fully saturated rings. The van der Waals surface area contributed by atoms with Gasteiger partial charge in [-0.3, -0.25) is 14.4 Å². The monoisotopic (exact) mass is 428 g/mol. The van der Waals surface area contributed by atoms with Crippen molar-refractivity contribution in [1.82, 2.24) is 9.47 Å². The molecule has 0 atom stereocenters. The number of esters is 1. The highest BCUT2D eigenvalue weighted by Gasteiger charge is 2.17. The maximum absolute atomic E-state index is 12.8. The molecule has 4 aromatic rings. The number of carbonyl (C=O) groups excluding carboxylic acids is 2. The number of amides is 1. The maximum Gasteiger partial charge on any atom is 0.326 e. The number of hydrogen-bond donors (Lipinski definition) is 0. The zero-order valence-electron chi connectivity index (χ0n) is 17.9. The number of pyridine rings is 1. The third kappa shape index (κ3) is 4.39. The molecule has 0 saturated carbocycles. The summed E-state index contributed by atoms with van der Waals surface area (Å²) in [7, 11) is 0. The minimum atomic E-state index is -0.534. The van der Waals surface area contributed by atoms with E-state index in [2.05, 4.69) is 0 Å². The Bertz CT molecular complexity index is 1270. The molecule has 0 saturated heterocycles. The Morgan fingerprint density at radius 3 is 2.00 bits per heavy atom. The topological polar surface area (TPSA) is 68.6 Å². The second-order valence-corrected chi connectivity index (χ2v) is 7.50. The number of aromatic nitrogens is 1. The standard InChI is InChI=1S/C26H24N2O4/c1-2-27(16-19-10-4-3-5-11-19)24(29)18-32-25(30)17-28-22-14-8-6-12-20(22)26(31)21-13-7-9-15-23(21)28/h3-15H,2,16-18H2,1H3. The number of hydrogen-bond acceptors (Lipinski definition) is 4. The first kappa shape index (κ1) is 21.3. The van der Waals surface area contributed by atoms with Gasteiger partial charge in [0.15, 0.2) is 12.0 Å². The van der Waals surface area contributed by atoms with E-state index in [9.17, 15) is 14.4 Å². The summed E-state index contributed by atoms with van der Waals surface area (Å²) < 4.78 is 7.09. The SMILES string of the molecule is CCN(Cc1ccccc1)C(=O)COC(=O)Cn1c2ccccc2c(=O)c2ccccc21. The van der Waals surface area contributed by atoms with E-state index in [1.54, 1.807) is 45.9 Å². The zero-order chi connectivity index (χ0) is 22.5. The van der Waals surface area contributed by atoms with E-state index in [0.717, 1.165) is 5.56 Å². The molecule has 1 aromatic heterocycles. The number of likely N-dealkylation sites (N-methyl/N-ethyl adjacent to an activating group) is 1. The van der Waals surface area contributed by atoms with Crippen molar-refractivity contribution < 1.29 is 14.3 Å². The first-order valence-electron chi connectivity index (χ1n) is 10.6. The van der Waals surface area contributed by atoms with Crippen LogP contribution in [0.5, 0.6) is 0 Å². The molecule has 6 heteroatoms. The maximum atomic E-state index is 12.8. The van der Waals surface area contributed by atoms with Crippen LogP contribution in [0.1, 0.15) is 12.5 Å². The van der Waals surface area contributed by atoms with Gasteiger partial charge in [-0.05, 0) is 36.8 Å². The summed E-state index contributed by atoms with van der Waals surface area (Å²) in [5.74, 6) is -0.785. The van der Waals surface area contributed by atoms with Gasteiger partial charge in [-0.2, -0.15) is 0 Å². The highest BCUT2D eigenvalue weighted by atomic mass is 16.5. The number of para-hydroxylation sites is 2. The van der Waals surface area contributed by atoms with Crippen molar-refractivity contribution >= 4 is 33.7 Å².